The van der Waals surface area contributed by atoms with Crippen LogP contribution < -0.4 is 0 Å². The van der Waals surface area contributed by atoms with E-state index in [2.05, 4.69) is 4.98 Å². The Morgan fingerprint density at radius 3 is 2.95 bits per heavy atom. The van der Waals surface area contributed by atoms with E-state index >= 15 is 0 Å². The van der Waals surface area contributed by atoms with Crippen LogP contribution in [0.25, 0.3) is 11.0 Å². The summed E-state index contributed by atoms with van der Waals surface area (Å²) in [5, 5.41) is -0.248. The Morgan fingerprint density at radius 2 is 2.26 bits per heavy atom. The highest BCUT2D eigenvalue weighted by atomic mass is 35.5. The summed E-state index contributed by atoms with van der Waals surface area (Å²) in [5.74, 6) is 0.428. The summed E-state index contributed by atoms with van der Waals surface area (Å²) in [6.45, 7) is 2.45. The Labute approximate surface area is 114 Å². The van der Waals surface area contributed by atoms with E-state index < -0.39 is 0 Å². The minimum Gasteiger partial charge on any atom is -0.472 e. The van der Waals surface area contributed by atoms with Gasteiger partial charge in [0.2, 0.25) is 0 Å². The Kier molecular flexibility index (Phi) is 3.03. The zero-order chi connectivity index (χ0) is 13.4. The predicted molar refractivity (Wildman–Crippen MR) is 71.8 cm³/mol. The van der Waals surface area contributed by atoms with Crippen molar-refractivity contribution >= 4 is 22.6 Å². The summed E-state index contributed by atoms with van der Waals surface area (Å²) >= 11 is 6.16. The Morgan fingerprint density at radius 1 is 1.42 bits per heavy atom. The molecule has 3 rings (SSSR count). The zero-order valence-corrected chi connectivity index (χ0v) is 11.1. The standard InChI is InChI=1S/C14H12ClFN2O/c1-9(15)14-17-12-6-11(16)2-3-13(12)18(14)7-10-4-5-19-8-10/h2-6,8-9H,7H2,1H3. The third kappa shape index (κ3) is 2.24. The molecule has 0 amide bonds. The Bertz CT molecular complexity index is 704. The summed E-state index contributed by atoms with van der Waals surface area (Å²) in [6.07, 6.45) is 3.30. The van der Waals surface area contributed by atoms with Crippen LogP contribution in [0.2, 0.25) is 0 Å². The van der Waals surface area contributed by atoms with Gasteiger partial charge in [0.25, 0.3) is 0 Å². The fourth-order valence-electron chi connectivity index (χ4n) is 2.16. The van der Waals surface area contributed by atoms with Gasteiger partial charge in [0.1, 0.15) is 11.6 Å². The number of halogens is 2. The van der Waals surface area contributed by atoms with Gasteiger partial charge < -0.3 is 8.98 Å². The van der Waals surface area contributed by atoms with Crippen LogP contribution in [-0.2, 0) is 6.54 Å². The van der Waals surface area contributed by atoms with Gasteiger partial charge in [-0.2, -0.15) is 0 Å². The van der Waals surface area contributed by atoms with Crippen LogP contribution in [0.3, 0.4) is 0 Å². The summed E-state index contributed by atoms with van der Waals surface area (Å²) in [6, 6.07) is 6.46. The molecule has 3 aromatic rings. The van der Waals surface area contributed by atoms with E-state index in [1.54, 1.807) is 18.6 Å². The first kappa shape index (κ1) is 12.2. The van der Waals surface area contributed by atoms with Gasteiger partial charge in [-0.3, -0.25) is 0 Å². The average Bonchev–Trinajstić information content (AvgIpc) is 2.97. The molecule has 0 fully saturated rings. The van der Waals surface area contributed by atoms with E-state index in [0.29, 0.717) is 12.1 Å². The van der Waals surface area contributed by atoms with E-state index in [1.807, 2.05) is 17.6 Å². The van der Waals surface area contributed by atoms with E-state index in [0.717, 1.165) is 16.9 Å². The molecule has 1 atom stereocenters. The van der Waals surface area contributed by atoms with Crippen LogP contribution >= 0.6 is 11.6 Å². The lowest BCUT2D eigenvalue weighted by Crippen LogP contribution is -2.05. The molecule has 98 valence electrons. The van der Waals surface area contributed by atoms with Gasteiger partial charge in [-0.15, -0.1) is 11.6 Å². The van der Waals surface area contributed by atoms with Gasteiger partial charge in [-0.25, -0.2) is 9.37 Å². The number of fused-ring (bicyclic) bond motifs is 1. The number of alkyl halides is 1. The maximum Gasteiger partial charge on any atom is 0.128 e. The topological polar surface area (TPSA) is 31.0 Å². The molecular weight excluding hydrogens is 267 g/mol. The molecule has 1 unspecified atom stereocenters. The molecule has 2 aromatic heterocycles. The summed E-state index contributed by atoms with van der Waals surface area (Å²) in [5.41, 5.74) is 2.50. The summed E-state index contributed by atoms with van der Waals surface area (Å²) in [7, 11) is 0. The number of hydrogen-bond donors (Lipinski definition) is 0. The highest BCUT2D eigenvalue weighted by Gasteiger charge is 2.15. The van der Waals surface area contributed by atoms with Gasteiger partial charge in [-0.1, -0.05) is 0 Å². The van der Waals surface area contributed by atoms with Gasteiger partial charge in [-0.05, 0) is 25.1 Å². The summed E-state index contributed by atoms with van der Waals surface area (Å²) in [4.78, 5) is 4.41. The second-order valence-electron chi connectivity index (χ2n) is 4.44. The van der Waals surface area contributed by atoms with Crippen molar-refractivity contribution in [1.82, 2.24) is 9.55 Å². The van der Waals surface area contributed by atoms with Gasteiger partial charge in [0.05, 0.1) is 35.5 Å². The minimum atomic E-state index is -0.297. The van der Waals surface area contributed by atoms with Crippen molar-refractivity contribution in [3.63, 3.8) is 0 Å². The van der Waals surface area contributed by atoms with Gasteiger partial charge >= 0.3 is 0 Å². The number of aromatic nitrogens is 2. The maximum absolute atomic E-state index is 13.3. The molecule has 0 bridgehead atoms. The van der Waals surface area contributed by atoms with Crippen molar-refractivity contribution in [1.29, 1.82) is 0 Å². The quantitative estimate of drug-likeness (QED) is 0.675. The lowest BCUT2D eigenvalue weighted by molar-refractivity contribution is 0.562. The van der Waals surface area contributed by atoms with E-state index in [1.165, 1.54) is 12.1 Å². The first-order valence-corrected chi connectivity index (χ1v) is 6.39. The number of benzene rings is 1. The van der Waals surface area contributed by atoms with Crippen LogP contribution in [0.4, 0.5) is 4.39 Å². The molecule has 0 saturated carbocycles. The first-order chi connectivity index (χ1) is 9.15. The molecule has 0 N–H and O–H groups in total. The lowest BCUT2D eigenvalue weighted by atomic mass is 10.3. The van der Waals surface area contributed by atoms with Crippen LogP contribution in [0.1, 0.15) is 23.7 Å². The fourth-order valence-corrected chi connectivity index (χ4v) is 2.32. The SMILES string of the molecule is CC(Cl)c1nc2cc(F)ccc2n1Cc1ccoc1. The molecule has 0 aliphatic rings. The van der Waals surface area contributed by atoms with Crippen molar-refractivity contribution in [2.75, 3.05) is 0 Å². The molecule has 1 aromatic carbocycles. The third-order valence-corrected chi connectivity index (χ3v) is 3.21. The molecular formula is C14H12ClFN2O. The van der Waals surface area contributed by atoms with Crippen molar-refractivity contribution < 1.29 is 8.81 Å². The van der Waals surface area contributed by atoms with Crippen LogP contribution in [-0.4, -0.2) is 9.55 Å². The smallest absolute Gasteiger partial charge is 0.128 e. The normalized spacial score (nSPS) is 13.0. The Balaban J connectivity index is 2.16. The van der Waals surface area contributed by atoms with E-state index in [4.69, 9.17) is 16.0 Å². The molecule has 3 nitrogen and oxygen atoms in total. The van der Waals surface area contributed by atoms with Crippen molar-refractivity contribution in [2.24, 2.45) is 0 Å². The van der Waals surface area contributed by atoms with Crippen molar-refractivity contribution in [3.05, 3.63) is 54.0 Å². The van der Waals surface area contributed by atoms with Gasteiger partial charge in [0, 0.05) is 11.6 Å². The molecule has 0 saturated heterocycles. The largest absolute Gasteiger partial charge is 0.472 e. The van der Waals surface area contributed by atoms with Gasteiger partial charge in [0.15, 0.2) is 0 Å². The number of hydrogen-bond acceptors (Lipinski definition) is 2. The monoisotopic (exact) mass is 278 g/mol. The highest BCUT2D eigenvalue weighted by Crippen LogP contribution is 2.26. The summed E-state index contributed by atoms with van der Waals surface area (Å²) < 4.78 is 20.3. The molecule has 2 heterocycles. The third-order valence-electron chi connectivity index (χ3n) is 3.02. The highest BCUT2D eigenvalue weighted by molar-refractivity contribution is 6.20. The number of nitrogens with zero attached hydrogens (tertiary/aromatic N) is 2. The zero-order valence-electron chi connectivity index (χ0n) is 10.3. The fraction of sp³-hybridized carbons (Fsp3) is 0.214. The van der Waals surface area contributed by atoms with Crippen molar-refractivity contribution in [2.45, 2.75) is 18.8 Å². The second kappa shape index (κ2) is 4.70. The molecule has 19 heavy (non-hydrogen) atoms. The number of furan rings is 1. The minimum absolute atomic E-state index is 0.248. The molecule has 0 radical (unpaired) electrons. The average molecular weight is 279 g/mol. The second-order valence-corrected chi connectivity index (χ2v) is 5.09. The van der Waals surface area contributed by atoms with Crippen LogP contribution in [0.5, 0.6) is 0 Å². The predicted octanol–water partition coefficient (Wildman–Crippen LogP) is 4.12. The Hall–Kier alpha value is -1.81. The molecule has 0 aliphatic carbocycles. The van der Waals surface area contributed by atoms with E-state index in [9.17, 15) is 4.39 Å². The van der Waals surface area contributed by atoms with E-state index in [-0.39, 0.29) is 11.2 Å². The maximum atomic E-state index is 13.3. The van der Waals surface area contributed by atoms with Crippen molar-refractivity contribution in [3.8, 4) is 0 Å². The first-order valence-electron chi connectivity index (χ1n) is 5.96. The number of rotatable bonds is 3. The van der Waals surface area contributed by atoms with Crippen LogP contribution in [0.15, 0.2) is 41.2 Å². The molecule has 5 heteroatoms. The molecule has 0 spiro atoms. The molecule has 0 aliphatic heterocycles. The number of imidazole rings is 1. The lowest BCUT2D eigenvalue weighted by Gasteiger charge is -2.09. The van der Waals surface area contributed by atoms with Crippen LogP contribution in [0, 0.1) is 5.82 Å².